The minimum Gasteiger partial charge on any atom is -0.478 e. The second-order valence-corrected chi connectivity index (χ2v) is 4.46. The van der Waals surface area contributed by atoms with Gasteiger partial charge < -0.3 is 14.8 Å². The first kappa shape index (κ1) is 13.0. The van der Waals surface area contributed by atoms with Crippen LogP contribution >= 0.6 is 0 Å². The van der Waals surface area contributed by atoms with Crippen LogP contribution in [0.5, 0.6) is 0 Å². The fraction of sp³-hybridized carbons (Fsp3) is 0.0667. The molecule has 0 aliphatic rings. The van der Waals surface area contributed by atoms with Crippen LogP contribution in [0.4, 0.5) is 5.69 Å². The van der Waals surface area contributed by atoms with E-state index in [2.05, 4.69) is 10.4 Å². The molecule has 6 heteroatoms. The smallest absolute Gasteiger partial charge is 0.338 e. The quantitative estimate of drug-likeness (QED) is 0.752. The van der Waals surface area contributed by atoms with Crippen molar-refractivity contribution in [1.82, 2.24) is 9.78 Å². The van der Waals surface area contributed by atoms with Crippen molar-refractivity contribution in [2.75, 3.05) is 5.32 Å². The maximum Gasteiger partial charge on any atom is 0.338 e. The number of aromatic carboxylic acids is 1. The molecule has 3 rings (SSSR count). The summed E-state index contributed by atoms with van der Waals surface area (Å²) >= 11 is 0. The molecule has 0 radical (unpaired) electrons. The Labute approximate surface area is 120 Å². The molecule has 2 aromatic heterocycles. The van der Waals surface area contributed by atoms with Gasteiger partial charge in [-0.3, -0.25) is 0 Å². The number of furan rings is 1. The molecular formula is C15H13N3O3. The van der Waals surface area contributed by atoms with Gasteiger partial charge in [-0.1, -0.05) is 6.07 Å². The van der Waals surface area contributed by atoms with Gasteiger partial charge in [0.05, 0.1) is 17.8 Å². The molecule has 1 aromatic carbocycles. The molecule has 0 saturated heterocycles. The number of carbonyl (C=O) groups is 1. The zero-order chi connectivity index (χ0) is 14.7. The summed E-state index contributed by atoms with van der Waals surface area (Å²) in [6.07, 6.45) is 4.82. The number of anilines is 1. The number of carboxylic acid groups (broad SMARTS) is 1. The number of aromatic nitrogens is 2. The maximum atomic E-state index is 10.8. The van der Waals surface area contributed by atoms with Crippen molar-refractivity contribution in [3.8, 4) is 5.69 Å². The first-order chi connectivity index (χ1) is 10.2. The Morgan fingerprint density at radius 1 is 1.33 bits per heavy atom. The second kappa shape index (κ2) is 5.54. The zero-order valence-corrected chi connectivity index (χ0v) is 11.1. The minimum absolute atomic E-state index is 0.150. The molecule has 2 heterocycles. The minimum atomic E-state index is -0.995. The first-order valence-electron chi connectivity index (χ1n) is 6.37. The summed E-state index contributed by atoms with van der Waals surface area (Å²) in [5.74, 6) is -0.428. The Kier molecular flexibility index (Phi) is 3.42. The van der Waals surface area contributed by atoms with E-state index >= 15 is 0 Å². The van der Waals surface area contributed by atoms with E-state index in [-0.39, 0.29) is 5.56 Å². The molecular weight excluding hydrogens is 270 g/mol. The van der Waals surface area contributed by atoms with Gasteiger partial charge in [0.1, 0.15) is 12.0 Å². The van der Waals surface area contributed by atoms with Gasteiger partial charge in [0.15, 0.2) is 0 Å². The van der Waals surface area contributed by atoms with E-state index in [0.717, 1.165) is 11.4 Å². The molecule has 2 N–H and O–H groups in total. The number of carboxylic acids is 1. The van der Waals surface area contributed by atoms with Crippen LogP contribution < -0.4 is 5.32 Å². The molecule has 0 saturated carbocycles. The summed E-state index contributed by atoms with van der Waals surface area (Å²) in [7, 11) is 0. The van der Waals surface area contributed by atoms with Gasteiger partial charge in [-0.15, -0.1) is 0 Å². The lowest BCUT2D eigenvalue weighted by Gasteiger charge is -2.07. The highest BCUT2D eigenvalue weighted by molar-refractivity contribution is 5.87. The lowest BCUT2D eigenvalue weighted by atomic mass is 10.2. The molecule has 0 amide bonds. The maximum absolute atomic E-state index is 10.8. The van der Waals surface area contributed by atoms with Gasteiger partial charge in [-0.2, -0.15) is 5.10 Å². The number of rotatable bonds is 5. The van der Waals surface area contributed by atoms with Crippen LogP contribution in [0.3, 0.4) is 0 Å². The predicted molar refractivity (Wildman–Crippen MR) is 76.6 cm³/mol. The molecule has 0 bridgehead atoms. The highest BCUT2D eigenvalue weighted by Gasteiger charge is 2.08. The van der Waals surface area contributed by atoms with E-state index < -0.39 is 5.97 Å². The normalized spacial score (nSPS) is 10.5. The van der Waals surface area contributed by atoms with Gasteiger partial charge in [-0.25, -0.2) is 9.48 Å². The average molecular weight is 283 g/mol. The van der Waals surface area contributed by atoms with E-state index in [1.54, 1.807) is 10.9 Å². The lowest BCUT2D eigenvalue weighted by molar-refractivity contribution is 0.0696. The molecule has 0 atom stereocenters. The summed E-state index contributed by atoms with van der Waals surface area (Å²) in [4.78, 5) is 10.8. The SMILES string of the molecule is O=C(O)c1coc(CNc2cccc(-n3cccn3)c2)c1. The van der Waals surface area contributed by atoms with Crippen LogP contribution in [-0.4, -0.2) is 20.9 Å². The molecule has 0 aliphatic carbocycles. The lowest BCUT2D eigenvalue weighted by Crippen LogP contribution is -2.00. The van der Waals surface area contributed by atoms with Crippen molar-refractivity contribution >= 4 is 11.7 Å². The fourth-order valence-electron chi connectivity index (χ4n) is 1.95. The Morgan fingerprint density at radius 2 is 2.24 bits per heavy atom. The number of nitrogens with one attached hydrogen (secondary N) is 1. The van der Waals surface area contributed by atoms with Crippen LogP contribution in [0.15, 0.2) is 59.5 Å². The molecule has 6 nitrogen and oxygen atoms in total. The summed E-state index contributed by atoms with van der Waals surface area (Å²) in [6.45, 7) is 0.413. The monoisotopic (exact) mass is 283 g/mol. The van der Waals surface area contributed by atoms with Crippen molar-refractivity contribution in [2.24, 2.45) is 0 Å². The number of benzene rings is 1. The topological polar surface area (TPSA) is 80.3 Å². The summed E-state index contributed by atoms with van der Waals surface area (Å²) in [5, 5.41) is 16.2. The van der Waals surface area contributed by atoms with Crippen molar-refractivity contribution in [3.63, 3.8) is 0 Å². The van der Waals surface area contributed by atoms with Gasteiger partial charge in [-0.05, 0) is 30.3 Å². The Bertz CT molecular complexity index is 747. The van der Waals surface area contributed by atoms with Crippen LogP contribution in [0.2, 0.25) is 0 Å². The molecule has 106 valence electrons. The van der Waals surface area contributed by atoms with Crippen molar-refractivity contribution in [3.05, 3.63) is 66.4 Å². The third kappa shape index (κ3) is 2.94. The first-order valence-corrected chi connectivity index (χ1v) is 6.37. The summed E-state index contributed by atoms with van der Waals surface area (Å²) < 4.78 is 6.95. The van der Waals surface area contributed by atoms with Crippen molar-refractivity contribution < 1.29 is 14.3 Å². The van der Waals surface area contributed by atoms with Crippen molar-refractivity contribution in [2.45, 2.75) is 6.54 Å². The average Bonchev–Trinajstić information content (AvgIpc) is 3.17. The Morgan fingerprint density at radius 3 is 2.95 bits per heavy atom. The van der Waals surface area contributed by atoms with Crippen LogP contribution in [0, 0.1) is 0 Å². The third-order valence-electron chi connectivity index (χ3n) is 2.98. The van der Waals surface area contributed by atoms with Crippen LogP contribution in [-0.2, 0) is 6.54 Å². The number of hydrogen-bond acceptors (Lipinski definition) is 4. The van der Waals surface area contributed by atoms with Gasteiger partial charge in [0.25, 0.3) is 0 Å². The summed E-state index contributed by atoms with van der Waals surface area (Å²) in [5.41, 5.74) is 1.99. The fourth-order valence-corrected chi connectivity index (χ4v) is 1.95. The highest BCUT2D eigenvalue weighted by Crippen LogP contribution is 2.16. The predicted octanol–water partition coefficient (Wildman–Crippen LogP) is 2.78. The van der Waals surface area contributed by atoms with E-state index in [1.165, 1.54) is 12.3 Å². The van der Waals surface area contributed by atoms with Crippen molar-refractivity contribution in [1.29, 1.82) is 0 Å². The zero-order valence-electron chi connectivity index (χ0n) is 11.1. The Hall–Kier alpha value is -3.02. The molecule has 0 aliphatic heterocycles. The number of hydrogen-bond donors (Lipinski definition) is 2. The van der Waals surface area contributed by atoms with Gasteiger partial charge in [0.2, 0.25) is 0 Å². The second-order valence-electron chi connectivity index (χ2n) is 4.46. The standard InChI is InChI=1S/C15H13N3O3/c19-15(20)11-7-14(21-10-11)9-16-12-3-1-4-13(8-12)18-6-2-5-17-18/h1-8,10,16H,9H2,(H,19,20). The number of nitrogens with zero attached hydrogens (tertiary/aromatic N) is 2. The molecule has 0 fully saturated rings. The van der Waals surface area contributed by atoms with Crippen LogP contribution in [0.1, 0.15) is 16.1 Å². The van der Waals surface area contributed by atoms with E-state index in [0.29, 0.717) is 12.3 Å². The van der Waals surface area contributed by atoms with E-state index in [4.69, 9.17) is 9.52 Å². The third-order valence-corrected chi connectivity index (χ3v) is 2.98. The molecule has 0 spiro atoms. The van der Waals surface area contributed by atoms with Gasteiger partial charge in [0, 0.05) is 18.1 Å². The molecule has 21 heavy (non-hydrogen) atoms. The Balaban J connectivity index is 1.70. The molecule has 3 aromatic rings. The van der Waals surface area contributed by atoms with E-state index in [9.17, 15) is 4.79 Å². The summed E-state index contributed by atoms with van der Waals surface area (Å²) in [6, 6.07) is 11.1. The van der Waals surface area contributed by atoms with Crippen LogP contribution in [0.25, 0.3) is 5.69 Å². The largest absolute Gasteiger partial charge is 0.478 e. The van der Waals surface area contributed by atoms with Gasteiger partial charge >= 0.3 is 5.97 Å². The molecule has 0 unspecified atom stereocenters. The van der Waals surface area contributed by atoms with E-state index in [1.807, 2.05) is 36.5 Å². The highest BCUT2D eigenvalue weighted by atomic mass is 16.4.